The van der Waals surface area contributed by atoms with Crippen molar-refractivity contribution < 1.29 is 76.3 Å². The van der Waals surface area contributed by atoms with Gasteiger partial charge in [0.1, 0.15) is 58.0 Å². The molecular weight excluding hydrogens is 1360 g/mol. The molecule has 34 nitrogen and oxygen atoms in total. The highest BCUT2D eigenvalue weighted by atomic mass is 35.5. The SMILES string of the molecule is CC(C)(C)OC(=O)NC(=NCCCC[C@@H](NC(=O)OC(C)(C)C)C(=O)NCCCN(CCCNC(=O)[C@@H](CCCCN=C(NC(=O)OC(C)(C)C)NC(=O)OC(C)(C)C)NC(=O)OC(C)(C)C)CCOc1ccc(CCCCN=C(N)NC(=O)c2nc(Cl)c(N)nc2N)cc1)NC(=O)OC(C)(C)C. The van der Waals surface area contributed by atoms with Gasteiger partial charge in [-0.25, -0.2) is 38.7 Å². The fraction of sp³-hybridized carbons (Fsp3) is 0.676. The molecule has 35 heteroatoms. The number of nitrogen functional groups attached to an aromatic ring is 2. The Balaban J connectivity index is 2.27. The number of ether oxygens (including phenoxy) is 7. The monoisotopic (exact) mass is 1470 g/mol. The molecule has 0 spiro atoms. The van der Waals surface area contributed by atoms with Crippen molar-refractivity contribution in [3.8, 4) is 5.75 Å². The molecule has 9 amide bonds. The number of guanidine groups is 3. The van der Waals surface area contributed by atoms with Crippen LogP contribution in [0.2, 0.25) is 5.15 Å². The molecule has 0 saturated carbocycles. The van der Waals surface area contributed by atoms with Gasteiger partial charge in [0.05, 0.1) is 0 Å². The van der Waals surface area contributed by atoms with E-state index in [-0.39, 0.29) is 86.0 Å². The van der Waals surface area contributed by atoms with Gasteiger partial charge in [-0.1, -0.05) is 23.7 Å². The highest BCUT2D eigenvalue weighted by molar-refractivity contribution is 6.31. The van der Waals surface area contributed by atoms with E-state index in [4.69, 9.17) is 62.0 Å². The summed E-state index contributed by atoms with van der Waals surface area (Å²) >= 11 is 5.90. The molecule has 2 atom stereocenters. The maximum atomic E-state index is 13.9. The number of aromatic nitrogens is 2. The number of nitrogens with zero attached hydrogens (tertiary/aromatic N) is 6. The number of alkyl carbamates (subject to hydrolysis) is 6. The Morgan fingerprint density at radius 2 is 0.835 bits per heavy atom. The minimum Gasteiger partial charge on any atom is -0.492 e. The quantitative estimate of drug-likeness (QED) is 0.0143. The van der Waals surface area contributed by atoms with E-state index in [1.165, 1.54) is 0 Å². The van der Waals surface area contributed by atoms with Gasteiger partial charge in [0.2, 0.25) is 23.7 Å². The van der Waals surface area contributed by atoms with Crippen LogP contribution >= 0.6 is 11.6 Å². The Hall–Kier alpha value is -9.21. The number of aryl methyl sites for hydroxylation is 1. The van der Waals surface area contributed by atoms with E-state index < -0.39 is 100.0 Å². The molecule has 1 aromatic carbocycles. The molecule has 0 unspecified atom stereocenters. The van der Waals surface area contributed by atoms with Crippen molar-refractivity contribution in [2.45, 2.75) is 241 Å². The second-order valence-corrected chi connectivity index (χ2v) is 30.2. The van der Waals surface area contributed by atoms with Crippen molar-refractivity contribution in [3.05, 3.63) is 40.7 Å². The Kier molecular flexibility index (Phi) is 37.5. The lowest BCUT2D eigenvalue weighted by molar-refractivity contribution is -0.124. The third-order valence-corrected chi connectivity index (χ3v) is 13.1. The van der Waals surface area contributed by atoms with E-state index in [1.807, 2.05) is 24.3 Å². The summed E-state index contributed by atoms with van der Waals surface area (Å²) in [6, 6.07) is 5.62. The van der Waals surface area contributed by atoms with E-state index in [0.717, 1.165) is 18.4 Å². The molecule has 2 aromatic rings. The highest BCUT2D eigenvalue weighted by Crippen LogP contribution is 2.19. The summed E-state index contributed by atoms with van der Waals surface area (Å²) < 4.78 is 38.6. The number of unbranched alkanes of at least 4 members (excludes halogenated alkanes) is 3. The van der Waals surface area contributed by atoms with Crippen LogP contribution in [0.1, 0.15) is 205 Å². The smallest absolute Gasteiger partial charge is 0.414 e. The van der Waals surface area contributed by atoms with Gasteiger partial charge in [0.25, 0.3) is 5.91 Å². The zero-order valence-corrected chi connectivity index (χ0v) is 64.2. The molecule has 0 aliphatic carbocycles. The second kappa shape index (κ2) is 43.0. The molecule has 2 rings (SSSR count). The van der Waals surface area contributed by atoms with Gasteiger partial charge in [-0.15, -0.1) is 0 Å². The topological polar surface area (TPSA) is 471 Å². The first-order chi connectivity index (χ1) is 47.6. The van der Waals surface area contributed by atoms with Gasteiger partial charge in [-0.2, -0.15) is 0 Å². The molecule has 0 fully saturated rings. The van der Waals surface area contributed by atoms with Crippen LogP contribution in [0.4, 0.5) is 40.4 Å². The number of hydrogen-bond donors (Lipinski definition) is 12. The standard InChI is InChI=1S/C68H115ClN18O16/c1-63(2,3)98-57(91)78-45(28-20-23-35-76-55(83-59(93)100-65(7,8)9)84-60(94)101-66(10,11)12)51(88)73-37-25-39-87(41-42-97-44-32-30-43(31-33-44)27-19-22-34-75-54(72)82-53(90)47-49(70)81-50(71)48(69)80-47)40-26-38-74-52(89)46(79-58(92)99-64(4,5)6)29-21-24-36-77-56(85-61(95)102-67(13,14)15)86-62(96)103-68(16,17)18/h30-33,45-46H,19-29,34-42H2,1-18H3,(H,73,88)(H,74,89)(H,78,91)(H,79,92)(H4,70,71,81)(H3,72,75,82,90)(H2,76,83,84,93,94)(H2,77,85,86,95,96)/t45-,46-/m1/s1. The number of anilines is 2. The minimum absolute atomic E-state index is 0.0903. The maximum Gasteiger partial charge on any atom is 0.414 e. The molecule has 0 aliphatic rings. The molecular formula is C68H115ClN18O16. The van der Waals surface area contributed by atoms with E-state index in [9.17, 15) is 43.2 Å². The lowest BCUT2D eigenvalue weighted by atomic mass is 10.1. The maximum absolute atomic E-state index is 13.9. The van der Waals surface area contributed by atoms with Crippen molar-refractivity contribution in [1.29, 1.82) is 0 Å². The summed E-state index contributed by atoms with van der Waals surface area (Å²) in [5.74, 6) is -1.90. The zero-order valence-electron chi connectivity index (χ0n) is 63.4. The highest BCUT2D eigenvalue weighted by Gasteiger charge is 2.28. The van der Waals surface area contributed by atoms with Crippen molar-refractivity contribution in [2.24, 2.45) is 20.7 Å². The van der Waals surface area contributed by atoms with Crippen LogP contribution in [-0.4, -0.2) is 192 Å². The van der Waals surface area contributed by atoms with Crippen molar-refractivity contribution in [2.75, 3.05) is 70.4 Å². The zero-order chi connectivity index (χ0) is 77.9. The number of halogens is 1. The van der Waals surface area contributed by atoms with Crippen LogP contribution in [0.3, 0.4) is 0 Å². The van der Waals surface area contributed by atoms with Gasteiger partial charge >= 0.3 is 36.6 Å². The third-order valence-electron chi connectivity index (χ3n) is 12.9. The number of nitrogens with two attached hydrogens (primary N) is 3. The van der Waals surface area contributed by atoms with Crippen molar-refractivity contribution in [1.82, 2.24) is 62.7 Å². The predicted molar refractivity (Wildman–Crippen MR) is 392 cm³/mol. The first-order valence-corrected chi connectivity index (χ1v) is 34.8. The second-order valence-electron chi connectivity index (χ2n) is 29.8. The van der Waals surface area contributed by atoms with Crippen molar-refractivity contribution in [3.63, 3.8) is 0 Å². The summed E-state index contributed by atoms with van der Waals surface area (Å²) in [5.41, 5.74) is 13.0. The van der Waals surface area contributed by atoms with Gasteiger partial charge in [-0.05, 0) is 226 Å². The predicted octanol–water partition coefficient (Wildman–Crippen LogP) is 7.99. The van der Waals surface area contributed by atoms with E-state index >= 15 is 0 Å². The Morgan fingerprint density at radius 3 is 1.22 bits per heavy atom. The molecule has 15 N–H and O–H groups in total. The molecule has 1 aromatic heterocycles. The Morgan fingerprint density at radius 1 is 0.466 bits per heavy atom. The number of benzene rings is 1. The van der Waals surface area contributed by atoms with Gasteiger partial charge in [-0.3, -0.25) is 60.8 Å². The summed E-state index contributed by atoms with van der Waals surface area (Å²) in [4.78, 5) is 140. The molecule has 580 valence electrons. The average Bonchev–Trinajstić information content (AvgIpc) is 0.833. The number of nitrogens with one attached hydrogen (secondary N) is 9. The first-order valence-electron chi connectivity index (χ1n) is 34.4. The fourth-order valence-electron chi connectivity index (χ4n) is 8.68. The lowest BCUT2D eigenvalue weighted by Gasteiger charge is -2.25. The number of carbonyl (C=O) groups excluding carboxylic acids is 9. The number of amides is 9. The van der Waals surface area contributed by atoms with E-state index in [2.05, 4.69) is 77.7 Å². The van der Waals surface area contributed by atoms with Crippen LogP contribution in [-0.2, 0) is 44.4 Å². The van der Waals surface area contributed by atoms with Crippen LogP contribution in [0.5, 0.6) is 5.75 Å². The summed E-state index contributed by atoms with van der Waals surface area (Å²) in [6.07, 6.45) is -0.162. The summed E-state index contributed by atoms with van der Waals surface area (Å²) in [5, 5.41) is 23.3. The normalized spacial score (nSPS) is 12.6. The molecule has 0 saturated heterocycles. The summed E-state index contributed by atoms with van der Waals surface area (Å²) in [7, 11) is 0. The van der Waals surface area contributed by atoms with Crippen LogP contribution in [0.15, 0.2) is 39.2 Å². The van der Waals surface area contributed by atoms with Crippen LogP contribution in [0.25, 0.3) is 0 Å². The number of aliphatic imine (C=N–C) groups is 3. The number of carbonyl (C=O) groups is 9. The largest absolute Gasteiger partial charge is 0.492 e. The van der Waals surface area contributed by atoms with Gasteiger partial charge in [0, 0.05) is 39.3 Å². The minimum atomic E-state index is -1.02. The van der Waals surface area contributed by atoms with Crippen molar-refractivity contribution >= 4 is 95.4 Å². The molecule has 0 aliphatic heterocycles. The van der Waals surface area contributed by atoms with E-state index in [0.29, 0.717) is 76.9 Å². The van der Waals surface area contributed by atoms with Gasteiger partial charge in [0.15, 0.2) is 28.4 Å². The van der Waals surface area contributed by atoms with E-state index in [1.54, 1.807) is 125 Å². The molecule has 0 radical (unpaired) electrons. The first kappa shape index (κ1) is 89.9. The average molecular weight is 1480 g/mol. The van der Waals surface area contributed by atoms with Gasteiger partial charge < -0.3 is 71.6 Å². The van der Waals surface area contributed by atoms with Crippen LogP contribution in [0, 0.1) is 0 Å². The molecule has 0 bridgehead atoms. The summed E-state index contributed by atoms with van der Waals surface area (Å²) in [6.45, 7) is 32.9. The number of rotatable bonds is 32. The molecule has 1 heterocycles. The van der Waals surface area contributed by atoms with Crippen LogP contribution < -0.4 is 69.8 Å². The Labute approximate surface area is 610 Å². The molecule has 103 heavy (non-hydrogen) atoms. The fourth-order valence-corrected chi connectivity index (χ4v) is 8.81. The number of hydrogen-bond acceptors (Lipinski definition) is 24. The Bertz CT molecular complexity index is 2980. The lowest BCUT2D eigenvalue weighted by Crippen LogP contribution is -2.49. The third kappa shape index (κ3) is 44.7.